The van der Waals surface area contributed by atoms with Gasteiger partial charge in [-0.1, -0.05) is 30.3 Å². The van der Waals surface area contributed by atoms with Crippen molar-refractivity contribution in [2.24, 2.45) is 0 Å². The van der Waals surface area contributed by atoms with Gasteiger partial charge in [0.25, 0.3) is 0 Å². The third kappa shape index (κ3) is 2.40. The molecule has 1 aliphatic heterocycles. The first-order valence-electron chi connectivity index (χ1n) is 5.41. The molecule has 2 N–H and O–H groups in total. The fraction of sp³-hybridized carbons (Fsp3) is 0.417. The maximum Gasteiger partial charge on any atom is 0.327 e. The van der Waals surface area contributed by atoms with E-state index in [0.717, 1.165) is 18.7 Å². The predicted molar refractivity (Wildman–Crippen MR) is 61.0 cm³/mol. The molecule has 2 rings (SSSR count). The largest absolute Gasteiger partial charge is 0.468 e. The van der Waals surface area contributed by atoms with Crippen LogP contribution in [0.25, 0.3) is 0 Å². The number of nitrogens with one attached hydrogen (secondary N) is 2. The summed E-state index contributed by atoms with van der Waals surface area (Å²) in [7, 11) is 1.42. The lowest BCUT2D eigenvalue weighted by Gasteiger charge is -2.31. The molecule has 4 heteroatoms. The number of carbonyl (C=O) groups is 1. The van der Waals surface area contributed by atoms with Crippen LogP contribution in [-0.4, -0.2) is 32.2 Å². The minimum Gasteiger partial charge on any atom is -0.468 e. The zero-order chi connectivity index (χ0) is 11.4. The molecule has 0 bridgehead atoms. The van der Waals surface area contributed by atoms with Gasteiger partial charge in [0.05, 0.1) is 7.11 Å². The van der Waals surface area contributed by atoms with E-state index >= 15 is 0 Å². The zero-order valence-corrected chi connectivity index (χ0v) is 9.27. The Morgan fingerprint density at radius 2 is 2.12 bits per heavy atom. The van der Waals surface area contributed by atoms with Gasteiger partial charge in [0.1, 0.15) is 6.04 Å². The molecule has 1 atom stereocenters. The molecular formula is C12H16N2O2. The first-order chi connectivity index (χ1) is 7.81. The summed E-state index contributed by atoms with van der Waals surface area (Å²) in [5.41, 5.74) is 0.946. The third-order valence-corrected chi connectivity index (χ3v) is 2.75. The SMILES string of the molecule is COC(=O)C(NC1CNC1)c1ccccc1. The van der Waals surface area contributed by atoms with Crippen molar-refractivity contribution < 1.29 is 9.53 Å². The van der Waals surface area contributed by atoms with Crippen LogP contribution in [0, 0.1) is 0 Å². The van der Waals surface area contributed by atoms with E-state index in [0.29, 0.717) is 6.04 Å². The van der Waals surface area contributed by atoms with Crippen molar-refractivity contribution in [2.75, 3.05) is 20.2 Å². The van der Waals surface area contributed by atoms with Gasteiger partial charge in [-0.15, -0.1) is 0 Å². The standard InChI is InChI=1S/C12H16N2O2/c1-16-12(15)11(14-10-7-13-8-10)9-5-3-2-4-6-9/h2-6,10-11,13-14H,7-8H2,1H3. The monoisotopic (exact) mass is 220 g/mol. The number of benzene rings is 1. The van der Waals surface area contributed by atoms with Gasteiger partial charge < -0.3 is 10.1 Å². The summed E-state index contributed by atoms with van der Waals surface area (Å²) in [6.07, 6.45) is 0. The molecule has 0 aliphatic carbocycles. The van der Waals surface area contributed by atoms with Crippen molar-refractivity contribution in [1.82, 2.24) is 10.6 Å². The van der Waals surface area contributed by atoms with E-state index in [2.05, 4.69) is 10.6 Å². The number of hydrogen-bond donors (Lipinski definition) is 2. The molecule has 4 nitrogen and oxygen atoms in total. The Morgan fingerprint density at radius 1 is 1.44 bits per heavy atom. The Kier molecular flexibility index (Phi) is 3.54. The van der Waals surface area contributed by atoms with Gasteiger partial charge in [-0.2, -0.15) is 0 Å². The van der Waals surface area contributed by atoms with E-state index in [1.165, 1.54) is 7.11 Å². The molecule has 1 aromatic carbocycles. The van der Waals surface area contributed by atoms with Gasteiger partial charge in [-0.25, -0.2) is 4.79 Å². The van der Waals surface area contributed by atoms with Gasteiger partial charge in [0.15, 0.2) is 0 Å². The molecule has 0 saturated carbocycles. The lowest BCUT2D eigenvalue weighted by molar-refractivity contribution is -0.143. The molecule has 0 radical (unpaired) electrons. The Balaban J connectivity index is 2.10. The quantitative estimate of drug-likeness (QED) is 0.724. The van der Waals surface area contributed by atoms with Gasteiger partial charge >= 0.3 is 5.97 Å². The lowest BCUT2D eigenvalue weighted by Crippen LogP contribution is -2.57. The first kappa shape index (κ1) is 11.1. The minimum absolute atomic E-state index is 0.238. The number of esters is 1. The smallest absolute Gasteiger partial charge is 0.327 e. The molecule has 1 fully saturated rings. The molecule has 1 saturated heterocycles. The molecule has 16 heavy (non-hydrogen) atoms. The highest BCUT2D eigenvalue weighted by Gasteiger charge is 2.27. The summed E-state index contributed by atoms with van der Waals surface area (Å²) in [5.74, 6) is -0.238. The summed E-state index contributed by atoms with van der Waals surface area (Å²) in [5, 5.41) is 6.44. The Bertz CT molecular complexity index is 349. The second-order valence-corrected chi connectivity index (χ2v) is 3.89. The van der Waals surface area contributed by atoms with Crippen LogP contribution in [0.2, 0.25) is 0 Å². The van der Waals surface area contributed by atoms with E-state index in [1.54, 1.807) is 0 Å². The maximum absolute atomic E-state index is 11.7. The highest BCUT2D eigenvalue weighted by Crippen LogP contribution is 2.15. The number of carbonyl (C=O) groups excluding carboxylic acids is 1. The summed E-state index contributed by atoms with van der Waals surface area (Å²) >= 11 is 0. The Morgan fingerprint density at radius 3 is 2.62 bits per heavy atom. The van der Waals surface area contributed by atoms with Crippen molar-refractivity contribution in [2.45, 2.75) is 12.1 Å². The number of methoxy groups -OCH3 is 1. The molecular weight excluding hydrogens is 204 g/mol. The molecule has 1 aromatic rings. The molecule has 86 valence electrons. The van der Waals surface area contributed by atoms with Crippen LogP contribution >= 0.6 is 0 Å². The maximum atomic E-state index is 11.7. The molecule has 1 aliphatic rings. The topological polar surface area (TPSA) is 50.4 Å². The summed E-state index contributed by atoms with van der Waals surface area (Å²) < 4.78 is 4.81. The average Bonchev–Trinajstić information content (AvgIpc) is 2.28. The molecule has 1 heterocycles. The second kappa shape index (κ2) is 5.09. The van der Waals surface area contributed by atoms with E-state index in [4.69, 9.17) is 4.74 Å². The molecule has 1 unspecified atom stereocenters. The lowest BCUT2D eigenvalue weighted by atomic mass is 10.0. The van der Waals surface area contributed by atoms with E-state index < -0.39 is 0 Å². The summed E-state index contributed by atoms with van der Waals surface area (Å²) in [4.78, 5) is 11.7. The Hall–Kier alpha value is -1.39. The molecule has 0 aromatic heterocycles. The van der Waals surface area contributed by atoms with Crippen molar-refractivity contribution in [3.63, 3.8) is 0 Å². The van der Waals surface area contributed by atoms with Crippen LogP contribution < -0.4 is 10.6 Å². The number of rotatable bonds is 4. The van der Waals surface area contributed by atoms with E-state index in [1.807, 2.05) is 30.3 Å². The molecule has 0 spiro atoms. The van der Waals surface area contributed by atoms with Gasteiger partial charge in [0.2, 0.25) is 0 Å². The van der Waals surface area contributed by atoms with Crippen LogP contribution in [0.3, 0.4) is 0 Å². The Labute approximate surface area is 95.0 Å². The first-order valence-corrected chi connectivity index (χ1v) is 5.41. The zero-order valence-electron chi connectivity index (χ0n) is 9.27. The van der Waals surface area contributed by atoms with E-state index in [-0.39, 0.29) is 12.0 Å². The number of ether oxygens (including phenoxy) is 1. The van der Waals surface area contributed by atoms with Crippen LogP contribution in [0.5, 0.6) is 0 Å². The van der Waals surface area contributed by atoms with Crippen molar-refractivity contribution >= 4 is 5.97 Å². The van der Waals surface area contributed by atoms with Crippen LogP contribution in [0.1, 0.15) is 11.6 Å². The van der Waals surface area contributed by atoms with Crippen molar-refractivity contribution in [1.29, 1.82) is 0 Å². The fourth-order valence-corrected chi connectivity index (χ4v) is 1.71. The van der Waals surface area contributed by atoms with Gasteiger partial charge in [-0.05, 0) is 5.56 Å². The summed E-state index contributed by atoms with van der Waals surface area (Å²) in [6.45, 7) is 1.81. The highest BCUT2D eigenvalue weighted by atomic mass is 16.5. The van der Waals surface area contributed by atoms with Crippen LogP contribution in [0.4, 0.5) is 0 Å². The van der Waals surface area contributed by atoms with Gasteiger partial charge in [-0.3, -0.25) is 5.32 Å². The summed E-state index contributed by atoms with van der Waals surface area (Å²) in [6, 6.07) is 9.63. The molecule has 0 amide bonds. The normalized spacial score (nSPS) is 17.6. The third-order valence-electron chi connectivity index (χ3n) is 2.75. The predicted octanol–water partition coefficient (Wildman–Crippen LogP) is 0.462. The van der Waals surface area contributed by atoms with Crippen LogP contribution in [0.15, 0.2) is 30.3 Å². The fourth-order valence-electron chi connectivity index (χ4n) is 1.71. The van der Waals surface area contributed by atoms with Gasteiger partial charge in [0, 0.05) is 19.1 Å². The van der Waals surface area contributed by atoms with Crippen LogP contribution in [-0.2, 0) is 9.53 Å². The highest BCUT2D eigenvalue weighted by molar-refractivity contribution is 5.77. The van der Waals surface area contributed by atoms with Crippen molar-refractivity contribution in [3.05, 3.63) is 35.9 Å². The van der Waals surface area contributed by atoms with Crippen molar-refractivity contribution in [3.8, 4) is 0 Å². The number of hydrogen-bond acceptors (Lipinski definition) is 4. The second-order valence-electron chi connectivity index (χ2n) is 3.89. The van der Waals surface area contributed by atoms with E-state index in [9.17, 15) is 4.79 Å². The minimum atomic E-state index is -0.363. The average molecular weight is 220 g/mol.